The molecule has 6 nitrogen and oxygen atoms in total. The zero-order valence-corrected chi connectivity index (χ0v) is 14.2. The quantitative estimate of drug-likeness (QED) is 0.437. The Morgan fingerprint density at radius 1 is 1.28 bits per heavy atom. The molecule has 25 heavy (non-hydrogen) atoms. The molecule has 1 aromatic heterocycles. The Labute approximate surface area is 144 Å². The molecule has 1 heterocycles. The molecule has 1 saturated carbocycles. The highest BCUT2D eigenvalue weighted by molar-refractivity contribution is 5.94. The Kier molecular flexibility index (Phi) is 5.03. The van der Waals surface area contributed by atoms with Gasteiger partial charge < -0.3 is 18.8 Å². The highest BCUT2D eigenvalue weighted by Crippen LogP contribution is 2.38. The molecule has 0 radical (unpaired) electrons. The molecule has 2 aromatic rings. The topological polar surface area (TPSA) is 66.8 Å². The van der Waals surface area contributed by atoms with Crippen molar-refractivity contribution >= 4 is 16.9 Å². The maximum absolute atomic E-state index is 14.2. The van der Waals surface area contributed by atoms with Crippen molar-refractivity contribution in [3.63, 3.8) is 0 Å². The number of hydrogen-bond acceptors (Lipinski definition) is 5. The van der Waals surface area contributed by atoms with Crippen LogP contribution in [0, 0.1) is 5.82 Å². The van der Waals surface area contributed by atoms with E-state index in [2.05, 4.69) is 0 Å². The number of nitrogens with zero attached hydrogens (tertiary/aromatic N) is 1. The van der Waals surface area contributed by atoms with Crippen LogP contribution in [0.25, 0.3) is 10.9 Å². The number of rotatable bonds is 7. The fourth-order valence-electron chi connectivity index (χ4n) is 2.67. The second-order valence-electron chi connectivity index (χ2n) is 5.79. The third-order valence-corrected chi connectivity index (χ3v) is 4.02. The standard InChI is InChI=1S/C18H20FNO5/c1-3-23-10-25-18(22)13-9-20(11-5-6-11)15-8-16(24-4-2)14(19)7-12(15)17(13)21/h7-9,11H,3-6,10H2,1-2H3. The molecule has 0 amide bonds. The second-order valence-corrected chi connectivity index (χ2v) is 5.79. The predicted octanol–water partition coefficient (Wildman–Crippen LogP) is 3.03. The maximum Gasteiger partial charge on any atom is 0.345 e. The minimum Gasteiger partial charge on any atom is -0.491 e. The number of carbonyl (C=O) groups excluding carboxylic acids is 1. The molecule has 0 N–H and O–H groups in total. The second kappa shape index (κ2) is 7.23. The number of benzene rings is 1. The third kappa shape index (κ3) is 3.51. The number of ether oxygens (including phenoxy) is 3. The van der Waals surface area contributed by atoms with Crippen LogP contribution in [-0.2, 0) is 9.47 Å². The molecule has 0 aliphatic heterocycles. The van der Waals surface area contributed by atoms with E-state index in [0.29, 0.717) is 18.7 Å². The molecule has 3 rings (SSSR count). The van der Waals surface area contributed by atoms with Crippen LogP contribution in [0.15, 0.2) is 23.1 Å². The Morgan fingerprint density at radius 2 is 2.04 bits per heavy atom. The lowest BCUT2D eigenvalue weighted by Gasteiger charge is -2.14. The summed E-state index contributed by atoms with van der Waals surface area (Å²) in [6.45, 7) is 4.01. The molecule has 0 saturated heterocycles. The van der Waals surface area contributed by atoms with Crippen LogP contribution >= 0.6 is 0 Å². The molecule has 0 atom stereocenters. The Bertz CT molecular complexity index is 857. The van der Waals surface area contributed by atoms with Gasteiger partial charge in [0.25, 0.3) is 0 Å². The first kappa shape index (κ1) is 17.4. The zero-order valence-electron chi connectivity index (χ0n) is 14.2. The molecular formula is C18H20FNO5. The molecule has 7 heteroatoms. The summed E-state index contributed by atoms with van der Waals surface area (Å²) in [4.78, 5) is 24.9. The molecular weight excluding hydrogens is 329 g/mol. The van der Waals surface area contributed by atoms with Gasteiger partial charge in [0, 0.05) is 30.3 Å². The van der Waals surface area contributed by atoms with E-state index in [1.165, 1.54) is 12.3 Å². The van der Waals surface area contributed by atoms with Gasteiger partial charge in [0.05, 0.1) is 12.1 Å². The minimum atomic E-state index is -0.774. The van der Waals surface area contributed by atoms with Crippen LogP contribution in [0.1, 0.15) is 43.1 Å². The maximum atomic E-state index is 14.2. The van der Waals surface area contributed by atoms with Crippen LogP contribution in [-0.4, -0.2) is 30.5 Å². The van der Waals surface area contributed by atoms with Gasteiger partial charge in [0.1, 0.15) is 5.56 Å². The molecule has 1 aliphatic carbocycles. The normalized spacial score (nSPS) is 13.9. The zero-order chi connectivity index (χ0) is 18.0. The monoisotopic (exact) mass is 349 g/mol. The Morgan fingerprint density at radius 3 is 2.68 bits per heavy atom. The van der Waals surface area contributed by atoms with Crippen LogP contribution in [0.2, 0.25) is 0 Å². The van der Waals surface area contributed by atoms with Gasteiger partial charge in [-0.25, -0.2) is 9.18 Å². The van der Waals surface area contributed by atoms with Gasteiger partial charge in [-0.05, 0) is 32.8 Å². The third-order valence-electron chi connectivity index (χ3n) is 4.02. The lowest BCUT2D eigenvalue weighted by atomic mass is 10.1. The Balaban J connectivity index is 2.11. The van der Waals surface area contributed by atoms with Crippen molar-refractivity contribution in [2.24, 2.45) is 0 Å². The number of pyridine rings is 1. The fraction of sp³-hybridized carbons (Fsp3) is 0.444. The van der Waals surface area contributed by atoms with E-state index >= 15 is 0 Å². The SMILES string of the molecule is CCOCOC(=O)c1cn(C2CC2)c2cc(OCC)c(F)cc2c1=O. The molecule has 1 fully saturated rings. The van der Waals surface area contributed by atoms with Gasteiger partial charge in [0.2, 0.25) is 5.43 Å². The van der Waals surface area contributed by atoms with E-state index in [4.69, 9.17) is 14.2 Å². The van der Waals surface area contributed by atoms with Gasteiger partial charge >= 0.3 is 5.97 Å². The van der Waals surface area contributed by atoms with Gasteiger partial charge in [-0.15, -0.1) is 0 Å². The van der Waals surface area contributed by atoms with Crippen LogP contribution in [0.4, 0.5) is 4.39 Å². The number of hydrogen-bond donors (Lipinski definition) is 0. The van der Waals surface area contributed by atoms with Crippen molar-refractivity contribution in [3.8, 4) is 5.75 Å². The van der Waals surface area contributed by atoms with Crippen LogP contribution in [0.5, 0.6) is 5.75 Å². The summed E-state index contributed by atoms with van der Waals surface area (Å²) in [6.07, 6.45) is 3.36. The van der Waals surface area contributed by atoms with Gasteiger partial charge in [-0.3, -0.25) is 4.79 Å². The smallest absolute Gasteiger partial charge is 0.345 e. The molecule has 134 valence electrons. The number of halogens is 1. The fourth-order valence-corrected chi connectivity index (χ4v) is 2.67. The number of carbonyl (C=O) groups is 1. The van der Waals surface area contributed by atoms with Crippen LogP contribution in [0.3, 0.4) is 0 Å². The van der Waals surface area contributed by atoms with E-state index in [1.807, 2.05) is 4.57 Å². The minimum absolute atomic E-state index is 0.0930. The summed E-state index contributed by atoms with van der Waals surface area (Å²) in [5.74, 6) is -1.31. The number of fused-ring (bicyclic) bond motifs is 1. The van der Waals surface area contributed by atoms with E-state index in [9.17, 15) is 14.0 Å². The van der Waals surface area contributed by atoms with Crippen molar-refractivity contribution in [1.82, 2.24) is 4.57 Å². The highest BCUT2D eigenvalue weighted by atomic mass is 19.1. The van der Waals surface area contributed by atoms with Crippen molar-refractivity contribution in [1.29, 1.82) is 0 Å². The van der Waals surface area contributed by atoms with E-state index in [-0.39, 0.29) is 29.5 Å². The lowest BCUT2D eigenvalue weighted by molar-refractivity contribution is -0.0275. The van der Waals surface area contributed by atoms with Gasteiger partial charge in [0.15, 0.2) is 18.4 Å². The summed E-state index contributed by atoms with van der Waals surface area (Å²) >= 11 is 0. The average molecular weight is 349 g/mol. The lowest BCUT2D eigenvalue weighted by Crippen LogP contribution is -2.21. The van der Waals surface area contributed by atoms with Crippen molar-refractivity contribution in [2.75, 3.05) is 20.0 Å². The average Bonchev–Trinajstić information content (AvgIpc) is 3.42. The van der Waals surface area contributed by atoms with Gasteiger partial charge in [-0.1, -0.05) is 0 Å². The summed E-state index contributed by atoms with van der Waals surface area (Å²) in [6, 6.07) is 2.82. The van der Waals surface area contributed by atoms with Crippen molar-refractivity contribution in [3.05, 3.63) is 39.9 Å². The summed E-state index contributed by atoms with van der Waals surface area (Å²) in [5, 5.41) is 0.138. The van der Waals surface area contributed by atoms with Gasteiger partial charge in [-0.2, -0.15) is 0 Å². The first-order valence-corrected chi connectivity index (χ1v) is 8.32. The van der Waals surface area contributed by atoms with E-state index in [1.54, 1.807) is 13.8 Å². The molecule has 1 aromatic carbocycles. The summed E-state index contributed by atoms with van der Waals surface area (Å²) < 4.78 is 31.2. The molecule has 0 spiro atoms. The number of aromatic nitrogens is 1. The highest BCUT2D eigenvalue weighted by Gasteiger charge is 2.28. The molecule has 1 aliphatic rings. The number of esters is 1. The van der Waals surface area contributed by atoms with Crippen molar-refractivity contribution in [2.45, 2.75) is 32.7 Å². The van der Waals surface area contributed by atoms with E-state index in [0.717, 1.165) is 18.9 Å². The largest absolute Gasteiger partial charge is 0.491 e. The van der Waals surface area contributed by atoms with Crippen molar-refractivity contribution < 1.29 is 23.4 Å². The van der Waals surface area contributed by atoms with Crippen LogP contribution < -0.4 is 10.2 Å². The van der Waals surface area contributed by atoms with E-state index < -0.39 is 17.2 Å². The first-order chi connectivity index (χ1) is 12.1. The summed E-state index contributed by atoms with van der Waals surface area (Å²) in [5.41, 5.74) is -0.128. The predicted molar refractivity (Wildman–Crippen MR) is 89.5 cm³/mol. The summed E-state index contributed by atoms with van der Waals surface area (Å²) in [7, 11) is 0. The Hall–Kier alpha value is -2.41. The molecule has 0 unspecified atom stereocenters. The molecule has 0 bridgehead atoms. The first-order valence-electron chi connectivity index (χ1n) is 8.32.